The van der Waals surface area contributed by atoms with Crippen molar-refractivity contribution in [2.24, 2.45) is 5.92 Å². The smallest absolute Gasteiger partial charge is 0.307 e. The second-order valence-corrected chi connectivity index (χ2v) is 5.77. The van der Waals surface area contributed by atoms with E-state index in [0.717, 1.165) is 4.31 Å². The minimum atomic E-state index is -3.61. The van der Waals surface area contributed by atoms with E-state index in [1.807, 2.05) is 0 Å². The highest BCUT2D eigenvalue weighted by Gasteiger charge is 2.31. The highest BCUT2D eigenvalue weighted by molar-refractivity contribution is 7.87. The van der Waals surface area contributed by atoms with E-state index in [2.05, 4.69) is 4.72 Å². The molecule has 0 aromatic rings. The molecule has 1 aliphatic rings. The van der Waals surface area contributed by atoms with E-state index in [1.54, 1.807) is 0 Å². The van der Waals surface area contributed by atoms with E-state index < -0.39 is 22.1 Å². The predicted octanol–water partition coefficient (Wildman–Crippen LogP) is -1.00. The Morgan fingerprint density at radius 3 is 2.76 bits per heavy atom. The van der Waals surface area contributed by atoms with Gasteiger partial charge in [-0.05, 0) is 19.3 Å². The summed E-state index contributed by atoms with van der Waals surface area (Å²) in [5.41, 5.74) is 0. The summed E-state index contributed by atoms with van der Waals surface area (Å²) in [5, 5.41) is 17.4. The third-order valence-corrected chi connectivity index (χ3v) is 4.27. The Morgan fingerprint density at radius 2 is 2.18 bits per heavy atom. The molecule has 0 saturated carbocycles. The van der Waals surface area contributed by atoms with Crippen LogP contribution in [0, 0.1) is 5.92 Å². The number of nitrogens with zero attached hydrogens (tertiary/aromatic N) is 1. The van der Waals surface area contributed by atoms with Crippen LogP contribution < -0.4 is 4.72 Å². The number of hydrogen-bond donors (Lipinski definition) is 3. The molecular formula is C9H18N2O5S. The van der Waals surface area contributed by atoms with E-state index >= 15 is 0 Å². The number of piperidine rings is 1. The Labute approximate surface area is 101 Å². The van der Waals surface area contributed by atoms with Gasteiger partial charge in [0.1, 0.15) is 0 Å². The fraction of sp³-hybridized carbons (Fsp3) is 0.889. The average molecular weight is 266 g/mol. The quantitative estimate of drug-likeness (QED) is 0.535. The number of carboxylic acids is 1. The lowest BCUT2D eigenvalue weighted by Gasteiger charge is -2.29. The summed E-state index contributed by atoms with van der Waals surface area (Å²) >= 11 is 0. The van der Waals surface area contributed by atoms with Gasteiger partial charge in [-0.25, -0.2) is 4.72 Å². The zero-order chi connectivity index (χ0) is 12.9. The fourth-order valence-electron chi connectivity index (χ4n) is 1.73. The van der Waals surface area contributed by atoms with Crippen molar-refractivity contribution in [2.75, 3.05) is 26.2 Å². The molecule has 1 heterocycles. The summed E-state index contributed by atoms with van der Waals surface area (Å²) in [6.07, 6.45) is 1.41. The SMILES string of the molecule is O=C(O)C1CCCN(S(=O)(=O)NCCCO)C1. The van der Waals surface area contributed by atoms with Crippen molar-refractivity contribution in [2.45, 2.75) is 19.3 Å². The van der Waals surface area contributed by atoms with Crippen molar-refractivity contribution in [1.29, 1.82) is 0 Å². The van der Waals surface area contributed by atoms with E-state index in [4.69, 9.17) is 10.2 Å². The highest BCUT2D eigenvalue weighted by atomic mass is 32.2. The molecule has 1 saturated heterocycles. The van der Waals surface area contributed by atoms with Crippen LogP contribution in [0.15, 0.2) is 0 Å². The van der Waals surface area contributed by atoms with Crippen molar-refractivity contribution in [3.05, 3.63) is 0 Å². The van der Waals surface area contributed by atoms with Crippen LogP contribution in [0.5, 0.6) is 0 Å². The normalized spacial score (nSPS) is 22.5. The second kappa shape index (κ2) is 6.29. The first-order chi connectivity index (χ1) is 7.97. The molecule has 0 aliphatic carbocycles. The Balaban J connectivity index is 2.55. The van der Waals surface area contributed by atoms with Gasteiger partial charge in [0.25, 0.3) is 10.2 Å². The van der Waals surface area contributed by atoms with Crippen molar-refractivity contribution in [3.63, 3.8) is 0 Å². The summed E-state index contributed by atoms with van der Waals surface area (Å²) in [5.74, 6) is -1.58. The Morgan fingerprint density at radius 1 is 1.47 bits per heavy atom. The molecule has 7 nitrogen and oxygen atoms in total. The lowest BCUT2D eigenvalue weighted by Crippen LogP contribution is -2.47. The van der Waals surface area contributed by atoms with Gasteiger partial charge in [-0.1, -0.05) is 0 Å². The summed E-state index contributed by atoms with van der Waals surface area (Å²) in [4.78, 5) is 10.8. The van der Waals surface area contributed by atoms with Crippen LogP contribution in [0.1, 0.15) is 19.3 Å². The van der Waals surface area contributed by atoms with Gasteiger partial charge in [0, 0.05) is 26.2 Å². The first-order valence-electron chi connectivity index (χ1n) is 5.56. The van der Waals surface area contributed by atoms with E-state index in [1.165, 1.54) is 0 Å². The number of aliphatic hydroxyl groups excluding tert-OH is 1. The molecule has 8 heteroatoms. The third-order valence-electron chi connectivity index (χ3n) is 2.69. The molecule has 100 valence electrons. The highest BCUT2D eigenvalue weighted by Crippen LogP contribution is 2.18. The molecule has 1 atom stereocenters. The first kappa shape index (κ1) is 14.4. The Hall–Kier alpha value is -0.700. The van der Waals surface area contributed by atoms with Crippen molar-refractivity contribution < 1.29 is 23.4 Å². The van der Waals surface area contributed by atoms with Crippen molar-refractivity contribution >= 4 is 16.2 Å². The fourth-order valence-corrected chi connectivity index (χ4v) is 3.06. The molecule has 1 fully saturated rings. The standard InChI is InChI=1S/C9H18N2O5S/c12-6-2-4-10-17(15,16)11-5-1-3-8(7-11)9(13)14/h8,10,12H,1-7H2,(H,13,14). The van der Waals surface area contributed by atoms with Crippen molar-refractivity contribution in [1.82, 2.24) is 9.03 Å². The lowest BCUT2D eigenvalue weighted by atomic mass is 10.0. The number of rotatable bonds is 6. The first-order valence-corrected chi connectivity index (χ1v) is 7.00. The lowest BCUT2D eigenvalue weighted by molar-refractivity contribution is -0.142. The molecule has 0 aromatic heterocycles. The minimum Gasteiger partial charge on any atom is -0.481 e. The van der Waals surface area contributed by atoms with Crippen LogP contribution in [-0.2, 0) is 15.0 Å². The van der Waals surface area contributed by atoms with Crippen LogP contribution in [0.4, 0.5) is 0 Å². The Bertz CT molecular complexity index is 356. The van der Waals surface area contributed by atoms with Gasteiger partial charge in [-0.2, -0.15) is 12.7 Å². The molecule has 0 amide bonds. The maximum atomic E-state index is 11.8. The maximum Gasteiger partial charge on any atom is 0.307 e. The molecule has 3 N–H and O–H groups in total. The molecule has 1 unspecified atom stereocenters. The van der Waals surface area contributed by atoms with Crippen LogP contribution in [-0.4, -0.2) is 55.1 Å². The van der Waals surface area contributed by atoms with Crippen LogP contribution in [0.25, 0.3) is 0 Å². The van der Waals surface area contributed by atoms with Crippen LogP contribution in [0.2, 0.25) is 0 Å². The zero-order valence-corrected chi connectivity index (χ0v) is 10.3. The average Bonchev–Trinajstić information content (AvgIpc) is 2.29. The molecule has 1 aliphatic heterocycles. The number of carboxylic acid groups (broad SMARTS) is 1. The minimum absolute atomic E-state index is 0.0177. The summed E-state index contributed by atoms with van der Waals surface area (Å²) < 4.78 is 27.0. The third kappa shape index (κ3) is 4.23. The molecule has 1 rings (SSSR count). The largest absolute Gasteiger partial charge is 0.481 e. The van der Waals surface area contributed by atoms with E-state index in [0.29, 0.717) is 25.8 Å². The second-order valence-electron chi connectivity index (χ2n) is 4.01. The van der Waals surface area contributed by atoms with Gasteiger partial charge < -0.3 is 10.2 Å². The van der Waals surface area contributed by atoms with Gasteiger partial charge in [-0.3, -0.25) is 4.79 Å². The topological polar surface area (TPSA) is 107 Å². The number of hydrogen-bond acceptors (Lipinski definition) is 4. The van der Waals surface area contributed by atoms with Gasteiger partial charge in [0.2, 0.25) is 0 Å². The monoisotopic (exact) mass is 266 g/mol. The summed E-state index contributed by atoms with van der Waals surface area (Å²) in [6.45, 7) is 0.440. The molecule has 0 aromatic carbocycles. The van der Waals surface area contributed by atoms with E-state index in [-0.39, 0.29) is 19.7 Å². The number of aliphatic hydroxyl groups is 1. The van der Waals surface area contributed by atoms with Gasteiger partial charge in [-0.15, -0.1) is 0 Å². The molecule has 0 radical (unpaired) electrons. The maximum absolute atomic E-state index is 11.8. The predicted molar refractivity (Wildman–Crippen MR) is 60.6 cm³/mol. The summed E-state index contributed by atoms with van der Waals surface area (Å²) in [7, 11) is -3.61. The number of nitrogens with one attached hydrogen (secondary N) is 1. The van der Waals surface area contributed by atoms with Gasteiger partial charge in [0.15, 0.2) is 0 Å². The zero-order valence-electron chi connectivity index (χ0n) is 9.50. The molecule has 0 bridgehead atoms. The van der Waals surface area contributed by atoms with Gasteiger partial charge >= 0.3 is 5.97 Å². The van der Waals surface area contributed by atoms with Crippen LogP contribution >= 0.6 is 0 Å². The van der Waals surface area contributed by atoms with Gasteiger partial charge in [0.05, 0.1) is 5.92 Å². The van der Waals surface area contributed by atoms with Crippen molar-refractivity contribution in [3.8, 4) is 0 Å². The molecule has 17 heavy (non-hydrogen) atoms. The Kier molecular flexibility index (Phi) is 5.31. The number of aliphatic carboxylic acids is 1. The summed E-state index contributed by atoms with van der Waals surface area (Å²) in [6, 6.07) is 0. The molecule has 0 spiro atoms. The number of carbonyl (C=O) groups is 1. The van der Waals surface area contributed by atoms with E-state index in [9.17, 15) is 13.2 Å². The van der Waals surface area contributed by atoms with Crippen LogP contribution in [0.3, 0.4) is 0 Å². The molecular weight excluding hydrogens is 248 g/mol.